The molecule has 0 radical (unpaired) electrons. The van der Waals surface area contributed by atoms with Gasteiger partial charge < -0.3 is 24.8 Å². The summed E-state index contributed by atoms with van der Waals surface area (Å²) in [6.45, 7) is 0.514. The van der Waals surface area contributed by atoms with Gasteiger partial charge in [-0.25, -0.2) is 4.79 Å². The summed E-state index contributed by atoms with van der Waals surface area (Å²) in [7, 11) is 3.06. The van der Waals surface area contributed by atoms with Crippen molar-refractivity contribution >= 4 is 23.5 Å². The minimum atomic E-state index is -1.00. The highest BCUT2D eigenvalue weighted by Gasteiger charge is 2.36. The molecular weight excluding hydrogens is 376 g/mol. The molecule has 1 aliphatic heterocycles. The highest BCUT2D eigenvalue weighted by molar-refractivity contribution is 6.01. The number of carbonyl (C=O) groups is 3. The van der Waals surface area contributed by atoms with Gasteiger partial charge in [-0.05, 0) is 29.8 Å². The van der Waals surface area contributed by atoms with Gasteiger partial charge in [-0.1, -0.05) is 12.1 Å². The van der Waals surface area contributed by atoms with E-state index in [0.29, 0.717) is 17.2 Å². The Morgan fingerprint density at radius 3 is 2.48 bits per heavy atom. The molecule has 1 heterocycles. The monoisotopic (exact) mass is 398 g/mol. The van der Waals surface area contributed by atoms with E-state index in [0.717, 1.165) is 5.56 Å². The lowest BCUT2D eigenvalue weighted by atomic mass is 10.1. The zero-order valence-electron chi connectivity index (χ0n) is 16.2. The van der Waals surface area contributed by atoms with Crippen LogP contribution in [0.4, 0.5) is 5.69 Å². The van der Waals surface area contributed by atoms with Crippen LogP contribution in [0.5, 0.6) is 11.5 Å². The number of hydrogen-bond donors (Lipinski definition) is 2. The van der Waals surface area contributed by atoms with Gasteiger partial charge in [0.2, 0.25) is 11.8 Å². The number of hydrogen-bond acceptors (Lipinski definition) is 5. The van der Waals surface area contributed by atoms with Gasteiger partial charge in [-0.3, -0.25) is 9.59 Å². The molecule has 2 N–H and O–H groups in total. The fourth-order valence-electron chi connectivity index (χ4n) is 3.22. The van der Waals surface area contributed by atoms with E-state index in [2.05, 4.69) is 5.32 Å². The Morgan fingerprint density at radius 1 is 1.14 bits per heavy atom. The number of benzene rings is 2. The fourth-order valence-corrected chi connectivity index (χ4v) is 3.22. The van der Waals surface area contributed by atoms with E-state index in [-0.39, 0.29) is 36.9 Å². The number of rotatable bonds is 7. The number of methoxy groups -OCH3 is 2. The van der Waals surface area contributed by atoms with Crippen LogP contribution in [0.25, 0.3) is 0 Å². The molecule has 3 rings (SSSR count). The number of carbonyl (C=O) groups excluding carboxylic acids is 2. The van der Waals surface area contributed by atoms with Crippen molar-refractivity contribution in [2.24, 2.45) is 5.92 Å². The molecule has 2 amide bonds. The molecular formula is C21H22N2O6. The lowest BCUT2D eigenvalue weighted by Gasteiger charge is -2.20. The number of carboxylic acids is 1. The molecule has 29 heavy (non-hydrogen) atoms. The summed E-state index contributed by atoms with van der Waals surface area (Å²) in [5, 5.41) is 11.7. The number of nitrogens with zero attached hydrogens (tertiary/aromatic N) is 1. The van der Waals surface area contributed by atoms with Crippen molar-refractivity contribution in [3.05, 3.63) is 53.6 Å². The second kappa shape index (κ2) is 8.64. The molecule has 0 spiro atoms. The van der Waals surface area contributed by atoms with Gasteiger partial charge in [0, 0.05) is 25.6 Å². The molecule has 2 aromatic rings. The van der Waals surface area contributed by atoms with Crippen LogP contribution < -0.4 is 19.7 Å². The van der Waals surface area contributed by atoms with Crippen LogP contribution in [0.15, 0.2) is 42.5 Å². The molecule has 0 aromatic heterocycles. The number of anilines is 1. The van der Waals surface area contributed by atoms with Gasteiger partial charge in [-0.2, -0.15) is 0 Å². The largest absolute Gasteiger partial charge is 0.497 e. The van der Waals surface area contributed by atoms with Crippen LogP contribution >= 0.6 is 0 Å². The average molecular weight is 398 g/mol. The quantitative estimate of drug-likeness (QED) is 0.740. The van der Waals surface area contributed by atoms with Crippen molar-refractivity contribution < 1.29 is 29.0 Å². The third-order valence-corrected chi connectivity index (χ3v) is 4.84. The standard InChI is InChI=1S/C21H22N2O6/c1-28-16-7-8-17(18(10-16)29-2)23-12-15(9-19(23)24)20(25)22-11-13-3-5-14(6-4-13)21(26)27/h3-8,10,15H,9,11-12H2,1-2H3,(H,22,25)(H,26,27). The maximum Gasteiger partial charge on any atom is 0.335 e. The average Bonchev–Trinajstić information content (AvgIpc) is 3.13. The van der Waals surface area contributed by atoms with Gasteiger partial charge in [0.25, 0.3) is 0 Å². The molecule has 2 aromatic carbocycles. The van der Waals surface area contributed by atoms with E-state index in [1.54, 1.807) is 42.3 Å². The number of amides is 2. The second-order valence-corrected chi connectivity index (χ2v) is 6.66. The van der Waals surface area contributed by atoms with Crippen LogP contribution in [-0.2, 0) is 16.1 Å². The first-order valence-corrected chi connectivity index (χ1v) is 9.05. The molecule has 0 bridgehead atoms. The normalized spacial score (nSPS) is 15.9. The van der Waals surface area contributed by atoms with Gasteiger partial charge in [-0.15, -0.1) is 0 Å². The van der Waals surface area contributed by atoms with E-state index in [1.807, 2.05) is 0 Å². The van der Waals surface area contributed by atoms with E-state index < -0.39 is 11.9 Å². The van der Waals surface area contributed by atoms with Crippen molar-refractivity contribution in [2.45, 2.75) is 13.0 Å². The van der Waals surface area contributed by atoms with Gasteiger partial charge in [0.15, 0.2) is 0 Å². The Kier molecular flexibility index (Phi) is 6.01. The maximum absolute atomic E-state index is 12.5. The summed E-state index contributed by atoms with van der Waals surface area (Å²) in [6, 6.07) is 11.4. The number of nitrogens with one attached hydrogen (secondary N) is 1. The number of carboxylic acid groups (broad SMARTS) is 1. The fraction of sp³-hybridized carbons (Fsp3) is 0.286. The van der Waals surface area contributed by atoms with Crippen LogP contribution in [-0.4, -0.2) is 43.7 Å². The van der Waals surface area contributed by atoms with Gasteiger partial charge in [0.1, 0.15) is 11.5 Å². The van der Waals surface area contributed by atoms with Gasteiger partial charge in [0.05, 0.1) is 31.4 Å². The van der Waals surface area contributed by atoms with E-state index >= 15 is 0 Å². The Balaban J connectivity index is 1.63. The van der Waals surface area contributed by atoms with Crippen LogP contribution in [0, 0.1) is 5.92 Å². The number of ether oxygens (including phenoxy) is 2. The minimum absolute atomic E-state index is 0.110. The molecule has 1 unspecified atom stereocenters. The highest BCUT2D eigenvalue weighted by Crippen LogP contribution is 2.35. The third-order valence-electron chi connectivity index (χ3n) is 4.84. The van der Waals surface area contributed by atoms with Crippen LogP contribution in [0.3, 0.4) is 0 Å². The van der Waals surface area contributed by atoms with Crippen molar-refractivity contribution in [2.75, 3.05) is 25.7 Å². The lowest BCUT2D eigenvalue weighted by Crippen LogP contribution is -2.32. The van der Waals surface area contributed by atoms with Crippen LogP contribution in [0.2, 0.25) is 0 Å². The predicted molar refractivity (Wildman–Crippen MR) is 105 cm³/mol. The third kappa shape index (κ3) is 4.48. The van der Waals surface area contributed by atoms with Crippen molar-refractivity contribution in [3.8, 4) is 11.5 Å². The zero-order chi connectivity index (χ0) is 21.0. The lowest BCUT2D eigenvalue weighted by molar-refractivity contribution is -0.126. The Hall–Kier alpha value is -3.55. The molecule has 152 valence electrons. The maximum atomic E-state index is 12.5. The SMILES string of the molecule is COc1ccc(N2CC(C(=O)NCc3ccc(C(=O)O)cc3)CC2=O)c(OC)c1. The van der Waals surface area contributed by atoms with E-state index in [1.165, 1.54) is 19.2 Å². The summed E-state index contributed by atoms with van der Waals surface area (Å²) in [4.78, 5) is 37.5. The van der Waals surface area contributed by atoms with Crippen molar-refractivity contribution in [1.82, 2.24) is 5.32 Å². The Morgan fingerprint density at radius 2 is 1.86 bits per heavy atom. The Bertz CT molecular complexity index is 925. The van der Waals surface area contributed by atoms with Gasteiger partial charge >= 0.3 is 5.97 Å². The summed E-state index contributed by atoms with van der Waals surface area (Å²) in [5.41, 5.74) is 1.56. The first kappa shape index (κ1) is 20.2. The summed E-state index contributed by atoms with van der Waals surface area (Å²) in [5.74, 6) is -0.750. The van der Waals surface area contributed by atoms with Crippen molar-refractivity contribution in [3.63, 3.8) is 0 Å². The first-order valence-electron chi connectivity index (χ1n) is 9.05. The second-order valence-electron chi connectivity index (χ2n) is 6.66. The highest BCUT2D eigenvalue weighted by atomic mass is 16.5. The number of aromatic carboxylic acids is 1. The molecule has 0 aliphatic carbocycles. The molecule has 1 fully saturated rings. The predicted octanol–water partition coefficient (Wildman–Crippen LogP) is 2.07. The summed E-state index contributed by atoms with van der Waals surface area (Å²) < 4.78 is 10.5. The smallest absolute Gasteiger partial charge is 0.335 e. The first-order chi connectivity index (χ1) is 13.9. The molecule has 0 saturated carbocycles. The zero-order valence-corrected chi connectivity index (χ0v) is 16.2. The molecule has 8 nitrogen and oxygen atoms in total. The molecule has 1 atom stereocenters. The summed E-state index contributed by atoms with van der Waals surface area (Å²) >= 11 is 0. The van der Waals surface area contributed by atoms with E-state index in [9.17, 15) is 14.4 Å². The summed E-state index contributed by atoms with van der Waals surface area (Å²) in [6.07, 6.45) is 0.110. The molecule has 8 heteroatoms. The topological polar surface area (TPSA) is 105 Å². The van der Waals surface area contributed by atoms with Crippen LogP contribution in [0.1, 0.15) is 22.3 Å². The minimum Gasteiger partial charge on any atom is -0.497 e. The Labute approximate surface area is 168 Å². The van der Waals surface area contributed by atoms with E-state index in [4.69, 9.17) is 14.6 Å². The van der Waals surface area contributed by atoms with Crippen molar-refractivity contribution in [1.29, 1.82) is 0 Å². The molecule has 1 aliphatic rings. The molecule has 1 saturated heterocycles.